The van der Waals surface area contributed by atoms with Gasteiger partial charge in [-0.3, -0.25) is 14.5 Å². The molecule has 0 spiro atoms. The van der Waals surface area contributed by atoms with Gasteiger partial charge in [-0.15, -0.1) is 0 Å². The average Bonchev–Trinajstić information content (AvgIpc) is 2.94. The van der Waals surface area contributed by atoms with Crippen molar-refractivity contribution in [2.45, 2.75) is 44.3 Å². The number of ether oxygens (including phenoxy) is 1. The summed E-state index contributed by atoms with van der Waals surface area (Å²) in [5.41, 5.74) is 0.780. The highest BCUT2D eigenvalue weighted by molar-refractivity contribution is 8.24. The summed E-state index contributed by atoms with van der Waals surface area (Å²) in [6.07, 6.45) is 3.45. The van der Waals surface area contributed by atoms with Gasteiger partial charge in [-0.2, -0.15) is 0 Å². The van der Waals surface area contributed by atoms with E-state index in [0.29, 0.717) is 35.0 Å². The summed E-state index contributed by atoms with van der Waals surface area (Å²) in [5.74, 6) is -0.536. The van der Waals surface area contributed by atoms with Crippen LogP contribution in [0.3, 0.4) is 0 Å². The number of thiocarbonyl (C=S) groups is 1. The second-order valence-electron chi connectivity index (χ2n) is 6.17. The topological polar surface area (TPSA) is 75.7 Å². The first-order chi connectivity index (χ1) is 13.0. The van der Waals surface area contributed by atoms with E-state index in [9.17, 15) is 14.4 Å². The lowest BCUT2D eigenvalue weighted by molar-refractivity contribution is -0.126. The van der Waals surface area contributed by atoms with Crippen LogP contribution in [0.4, 0.5) is 5.69 Å². The molecular weight excluding hydrogens is 384 g/mol. The molecular formula is C19H24N2O4S2. The third-order valence-electron chi connectivity index (χ3n) is 4.27. The lowest BCUT2D eigenvalue weighted by atomic mass is 10.1. The van der Waals surface area contributed by atoms with Gasteiger partial charge in [-0.25, -0.2) is 4.79 Å². The molecule has 1 aromatic rings. The van der Waals surface area contributed by atoms with Crippen LogP contribution in [0.25, 0.3) is 0 Å². The van der Waals surface area contributed by atoms with Crippen LogP contribution in [0.15, 0.2) is 24.3 Å². The first kappa shape index (κ1) is 21.4. The molecule has 1 atom stereocenters. The van der Waals surface area contributed by atoms with E-state index >= 15 is 0 Å². The molecule has 146 valence electrons. The fraction of sp³-hybridized carbons (Fsp3) is 0.474. The van der Waals surface area contributed by atoms with Gasteiger partial charge in [0.25, 0.3) is 0 Å². The molecule has 1 fully saturated rings. The van der Waals surface area contributed by atoms with Gasteiger partial charge in [-0.1, -0.05) is 49.5 Å². The largest absolute Gasteiger partial charge is 0.465 e. The molecule has 2 rings (SSSR count). The highest BCUT2D eigenvalue weighted by atomic mass is 32.2. The number of amides is 2. The summed E-state index contributed by atoms with van der Waals surface area (Å²) in [6, 6.07) is 6.75. The van der Waals surface area contributed by atoms with Crippen molar-refractivity contribution in [2.75, 3.05) is 19.0 Å². The van der Waals surface area contributed by atoms with Crippen LogP contribution in [0, 0.1) is 0 Å². The molecule has 0 radical (unpaired) electrons. The number of thioether (sulfide) groups is 1. The molecule has 6 nitrogen and oxygen atoms in total. The van der Waals surface area contributed by atoms with Crippen molar-refractivity contribution in [1.82, 2.24) is 4.90 Å². The second-order valence-corrected chi connectivity index (χ2v) is 8.00. The predicted molar refractivity (Wildman–Crippen MR) is 111 cm³/mol. The van der Waals surface area contributed by atoms with E-state index in [1.807, 2.05) is 6.92 Å². The van der Waals surface area contributed by atoms with Crippen molar-refractivity contribution in [3.63, 3.8) is 0 Å². The maximum absolute atomic E-state index is 12.1. The van der Waals surface area contributed by atoms with Crippen molar-refractivity contribution < 1.29 is 19.1 Å². The van der Waals surface area contributed by atoms with E-state index < -0.39 is 5.97 Å². The van der Waals surface area contributed by atoms with E-state index in [2.05, 4.69) is 5.32 Å². The minimum Gasteiger partial charge on any atom is -0.465 e. The zero-order valence-electron chi connectivity index (χ0n) is 15.5. The zero-order chi connectivity index (χ0) is 19.8. The molecule has 1 saturated heterocycles. The van der Waals surface area contributed by atoms with Gasteiger partial charge in [0.1, 0.15) is 4.32 Å². The SMILES string of the molecule is CCC1SC(=S)N(CCCCCC(=O)Nc2ccccc2C(=O)OC)C1=O. The third kappa shape index (κ3) is 5.77. The van der Waals surface area contributed by atoms with Crippen molar-refractivity contribution in [3.8, 4) is 0 Å². The van der Waals surface area contributed by atoms with Gasteiger partial charge >= 0.3 is 5.97 Å². The van der Waals surface area contributed by atoms with Crippen LogP contribution in [0.5, 0.6) is 0 Å². The molecule has 0 aliphatic carbocycles. The van der Waals surface area contributed by atoms with Crippen LogP contribution < -0.4 is 5.32 Å². The predicted octanol–water partition coefficient (Wildman–Crippen LogP) is 3.61. The number of nitrogens with zero attached hydrogens (tertiary/aromatic N) is 1. The Morgan fingerprint density at radius 3 is 2.67 bits per heavy atom. The average molecular weight is 409 g/mol. The van der Waals surface area contributed by atoms with Gasteiger partial charge in [0, 0.05) is 13.0 Å². The van der Waals surface area contributed by atoms with Crippen molar-refractivity contribution in [1.29, 1.82) is 0 Å². The maximum Gasteiger partial charge on any atom is 0.339 e. The van der Waals surface area contributed by atoms with E-state index in [1.165, 1.54) is 18.9 Å². The van der Waals surface area contributed by atoms with Crippen LogP contribution in [-0.4, -0.2) is 45.9 Å². The Morgan fingerprint density at radius 1 is 1.26 bits per heavy atom. The Kier molecular flexibility index (Phi) is 8.24. The minimum absolute atomic E-state index is 0.0434. The van der Waals surface area contributed by atoms with Gasteiger partial charge in [0.05, 0.1) is 23.6 Å². The van der Waals surface area contributed by atoms with Crippen molar-refractivity contribution in [3.05, 3.63) is 29.8 Å². The van der Waals surface area contributed by atoms with Crippen LogP contribution in [-0.2, 0) is 14.3 Å². The molecule has 8 heteroatoms. The van der Waals surface area contributed by atoms with Gasteiger partial charge in [-0.05, 0) is 31.4 Å². The molecule has 0 saturated carbocycles. The van der Waals surface area contributed by atoms with Crippen molar-refractivity contribution in [2.24, 2.45) is 0 Å². The summed E-state index contributed by atoms with van der Waals surface area (Å²) in [6.45, 7) is 2.59. The summed E-state index contributed by atoms with van der Waals surface area (Å²) in [7, 11) is 1.30. The number of hydrogen-bond donors (Lipinski definition) is 1. The fourth-order valence-electron chi connectivity index (χ4n) is 2.78. The Balaban J connectivity index is 1.72. The number of para-hydroxylation sites is 1. The highest BCUT2D eigenvalue weighted by Crippen LogP contribution is 2.29. The standard InChI is InChI=1S/C19H24N2O4S2/c1-3-15-17(23)21(19(26)27-15)12-8-4-5-11-16(22)20-14-10-7-6-9-13(14)18(24)25-2/h6-7,9-10,15H,3-5,8,11-12H2,1-2H3,(H,20,22). The molecule has 1 heterocycles. The van der Waals surface area contributed by atoms with Gasteiger partial charge < -0.3 is 10.1 Å². The Bertz CT molecular complexity index is 723. The lowest BCUT2D eigenvalue weighted by Crippen LogP contribution is -2.32. The van der Waals surface area contributed by atoms with Gasteiger partial charge in [0.2, 0.25) is 11.8 Å². The molecule has 2 amide bonds. The van der Waals surface area contributed by atoms with E-state index in [1.54, 1.807) is 29.2 Å². The number of unbranched alkanes of at least 4 members (excludes halogenated alkanes) is 2. The van der Waals surface area contributed by atoms with E-state index in [-0.39, 0.29) is 17.1 Å². The van der Waals surface area contributed by atoms with E-state index in [0.717, 1.165) is 19.3 Å². The smallest absolute Gasteiger partial charge is 0.339 e. The third-order valence-corrected chi connectivity index (χ3v) is 6.02. The first-order valence-corrected chi connectivity index (χ1v) is 10.3. The number of benzene rings is 1. The van der Waals surface area contributed by atoms with Crippen LogP contribution in [0.1, 0.15) is 49.4 Å². The number of esters is 1. The molecule has 1 unspecified atom stereocenters. The molecule has 0 bridgehead atoms. The monoisotopic (exact) mass is 408 g/mol. The number of rotatable bonds is 9. The first-order valence-electron chi connectivity index (χ1n) is 8.97. The minimum atomic E-state index is -0.486. The normalized spacial score (nSPS) is 16.5. The molecule has 27 heavy (non-hydrogen) atoms. The van der Waals surface area contributed by atoms with E-state index in [4.69, 9.17) is 17.0 Å². The molecule has 1 aliphatic rings. The van der Waals surface area contributed by atoms with Crippen molar-refractivity contribution >= 4 is 51.8 Å². The maximum atomic E-state index is 12.1. The molecule has 1 aliphatic heterocycles. The Hall–Kier alpha value is -1.93. The molecule has 0 aromatic heterocycles. The number of nitrogens with one attached hydrogen (secondary N) is 1. The molecule has 1 N–H and O–H groups in total. The number of anilines is 1. The number of carbonyl (C=O) groups is 3. The summed E-state index contributed by atoms with van der Waals surface area (Å²) in [4.78, 5) is 37.7. The summed E-state index contributed by atoms with van der Waals surface area (Å²) in [5, 5.41) is 2.71. The molecule has 1 aromatic carbocycles. The highest BCUT2D eigenvalue weighted by Gasteiger charge is 2.34. The number of carbonyl (C=O) groups excluding carboxylic acids is 3. The fourth-order valence-corrected chi connectivity index (χ4v) is 4.26. The number of methoxy groups -OCH3 is 1. The van der Waals surface area contributed by atoms with Crippen LogP contribution in [0.2, 0.25) is 0 Å². The van der Waals surface area contributed by atoms with Crippen LogP contribution >= 0.6 is 24.0 Å². The Labute approximate surface area is 169 Å². The van der Waals surface area contributed by atoms with Gasteiger partial charge in [0.15, 0.2) is 0 Å². The second kappa shape index (κ2) is 10.4. The Morgan fingerprint density at radius 2 is 2.00 bits per heavy atom. The number of hydrogen-bond acceptors (Lipinski definition) is 6. The summed E-state index contributed by atoms with van der Waals surface area (Å²) < 4.78 is 5.38. The lowest BCUT2D eigenvalue weighted by Gasteiger charge is -2.15. The zero-order valence-corrected chi connectivity index (χ0v) is 17.2. The quantitative estimate of drug-likeness (QED) is 0.382. The summed E-state index contributed by atoms with van der Waals surface area (Å²) >= 11 is 6.73.